The Kier molecular flexibility index (Phi) is 8.52. The maximum atomic E-state index is 12.8. The van der Waals surface area contributed by atoms with E-state index in [1.54, 1.807) is 38.1 Å². The largest absolute Gasteiger partial charge is 0.485 e. The number of carbonyl (C=O) groups excluding carboxylic acids is 2. The molecule has 0 aliphatic heterocycles. The molecule has 0 N–H and O–H groups in total. The van der Waals surface area contributed by atoms with Crippen molar-refractivity contribution in [2.45, 2.75) is 45.8 Å². The quantitative estimate of drug-likeness (QED) is 0.413. The molecule has 2 aromatic carbocycles. The standard InChI is InChI=1S/C23H28O6/c1-4-16-23(21(24)26-5-2,22(25)27-6-3)29-20-15-11-10-14-19(20)28-17-18-12-8-7-9-13-18/h7-15H,4-6,16-17H2,1-3H3. The predicted molar refractivity (Wildman–Crippen MR) is 109 cm³/mol. The highest BCUT2D eigenvalue weighted by Crippen LogP contribution is 2.34. The van der Waals surface area contributed by atoms with E-state index in [1.807, 2.05) is 37.3 Å². The Hall–Kier alpha value is -3.02. The van der Waals surface area contributed by atoms with Crippen molar-refractivity contribution >= 4 is 11.9 Å². The minimum atomic E-state index is -1.88. The first-order chi connectivity index (χ1) is 14.1. The highest BCUT2D eigenvalue weighted by molar-refractivity contribution is 6.04. The van der Waals surface area contributed by atoms with E-state index in [0.29, 0.717) is 18.8 Å². The van der Waals surface area contributed by atoms with Crippen LogP contribution >= 0.6 is 0 Å². The van der Waals surface area contributed by atoms with Gasteiger partial charge in [0.1, 0.15) is 6.61 Å². The molecular formula is C23H28O6. The lowest BCUT2D eigenvalue weighted by Crippen LogP contribution is -2.53. The van der Waals surface area contributed by atoms with Gasteiger partial charge in [-0.15, -0.1) is 0 Å². The van der Waals surface area contributed by atoms with Gasteiger partial charge in [-0.1, -0.05) is 55.8 Å². The lowest BCUT2D eigenvalue weighted by Gasteiger charge is -2.30. The lowest BCUT2D eigenvalue weighted by molar-refractivity contribution is -0.180. The molecule has 0 bridgehead atoms. The predicted octanol–water partition coefficient (Wildman–Crippen LogP) is 4.31. The van der Waals surface area contributed by atoms with Gasteiger partial charge in [0.15, 0.2) is 11.5 Å². The molecule has 0 atom stereocenters. The van der Waals surface area contributed by atoms with Crippen molar-refractivity contribution in [2.75, 3.05) is 13.2 Å². The number of rotatable bonds is 11. The first-order valence-corrected chi connectivity index (χ1v) is 9.86. The summed E-state index contributed by atoms with van der Waals surface area (Å²) < 4.78 is 22.2. The maximum absolute atomic E-state index is 12.8. The summed E-state index contributed by atoms with van der Waals surface area (Å²) in [7, 11) is 0. The van der Waals surface area contributed by atoms with E-state index in [9.17, 15) is 9.59 Å². The minimum absolute atomic E-state index is 0.123. The van der Waals surface area contributed by atoms with Crippen LogP contribution < -0.4 is 9.47 Å². The van der Waals surface area contributed by atoms with Gasteiger partial charge in [0, 0.05) is 6.42 Å². The molecule has 2 aromatic rings. The van der Waals surface area contributed by atoms with E-state index in [1.165, 1.54) is 0 Å². The zero-order valence-corrected chi connectivity index (χ0v) is 17.2. The summed E-state index contributed by atoms with van der Waals surface area (Å²) in [6.45, 7) is 5.78. The smallest absolute Gasteiger partial charge is 0.362 e. The number of hydrogen-bond acceptors (Lipinski definition) is 6. The van der Waals surface area contributed by atoms with Crippen LogP contribution in [0.15, 0.2) is 54.6 Å². The Bertz CT molecular complexity index is 769. The van der Waals surface area contributed by atoms with Crippen molar-refractivity contribution in [1.29, 1.82) is 0 Å². The summed E-state index contributed by atoms with van der Waals surface area (Å²) in [6.07, 6.45) is 0.641. The van der Waals surface area contributed by atoms with Crippen molar-refractivity contribution in [1.82, 2.24) is 0 Å². The van der Waals surface area contributed by atoms with Crippen LogP contribution in [0.4, 0.5) is 0 Å². The third-order valence-electron chi connectivity index (χ3n) is 4.18. The van der Waals surface area contributed by atoms with Gasteiger partial charge in [0.05, 0.1) is 13.2 Å². The van der Waals surface area contributed by atoms with Crippen LogP contribution in [-0.4, -0.2) is 30.8 Å². The molecule has 6 nitrogen and oxygen atoms in total. The molecule has 0 heterocycles. The van der Waals surface area contributed by atoms with Crippen molar-refractivity contribution in [3.05, 3.63) is 60.2 Å². The van der Waals surface area contributed by atoms with Gasteiger partial charge in [-0.2, -0.15) is 0 Å². The topological polar surface area (TPSA) is 71.1 Å². The summed E-state index contributed by atoms with van der Waals surface area (Å²) in [5.74, 6) is -0.834. The second kappa shape index (κ2) is 11.1. The Labute approximate surface area is 171 Å². The molecule has 0 spiro atoms. The van der Waals surface area contributed by atoms with Crippen molar-refractivity contribution in [3.8, 4) is 11.5 Å². The van der Waals surface area contributed by atoms with Crippen LogP contribution in [0.25, 0.3) is 0 Å². The zero-order chi connectivity index (χ0) is 21.1. The molecule has 2 rings (SSSR count). The number of para-hydroxylation sites is 2. The summed E-state index contributed by atoms with van der Waals surface area (Å²) in [6, 6.07) is 16.6. The van der Waals surface area contributed by atoms with E-state index in [0.717, 1.165) is 5.56 Å². The van der Waals surface area contributed by atoms with Crippen LogP contribution in [0.3, 0.4) is 0 Å². The highest BCUT2D eigenvalue weighted by atomic mass is 16.6. The van der Waals surface area contributed by atoms with Gasteiger partial charge in [0.2, 0.25) is 0 Å². The van der Waals surface area contributed by atoms with E-state index in [-0.39, 0.29) is 25.4 Å². The van der Waals surface area contributed by atoms with Gasteiger partial charge in [0.25, 0.3) is 0 Å². The monoisotopic (exact) mass is 400 g/mol. The first-order valence-electron chi connectivity index (χ1n) is 9.86. The molecule has 0 saturated carbocycles. The number of carbonyl (C=O) groups is 2. The summed E-state index contributed by atoms with van der Waals surface area (Å²) in [5, 5.41) is 0. The SMILES string of the molecule is CCCC(Oc1ccccc1OCc1ccccc1)(C(=O)OCC)C(=O)OCC. The van der Waals surface area contributed by atoms with Gasteiger partial charge < -0.3 is 18.9 Å². The number of benzene rings is 2. The van der Waals surface area contributed by atoms with Crippen LogP contribution in [-0.2, 0) is 25.7 Å². The molecule has 0 saturated heterocycles. The zero-order valence-electron chi connectivity index (χ0n) is 17.2. The van der Waals surface area contributed by atoms with Crippen molar-refractivity contribution in [3.63, 3.8) is 0 Å². The molecule has 0 aliphatic rings. The third kappa shape index (κ3) is 5.73. The fourth-order valence-corrected chi connectivity index (χ4v) is 2.85. The third-order valence-corrected chi connectivity index (χ3v) is 4.18. The second-order valence-corrected chi connectivity index (χ2v) is 6.34. The molecule has 6 heteroatoms. The average Bonchev–Trinajstić information content (AvgIpc) is 2.73. The Morgan fingerprint density at radius 2 is 1.34 bits per heavy atom. The maximum Gasteiger partial charge on any atom is 0.362 e. The minimum Gasteiger partial charge on any atom is -0.485 e. The van der Waals surface area contributed by atoms with E-state index >= 15 is 0 Å². The first kappa shape index (κ1) is 22.3. The van der Waals surface area contributed by atoms with E-state index < -0.39 is 17.5 Å². The van der Waals surface area contributed by atoms with E-state index in [2.05, 4.69) is 0 Å². The van der Waals surface area contributed by atoms with Crippen LogP contribution in [0.1, 0.15) is 39.2 Å². The van der Waals surface area contributed by atoms with Crippen molar-refractivity contribution < 1.29 is 28.5 Å². The molecule has 156 valence electrons. The molecule has 0 fully saturated rings. The summed E-state index contributed by atoms with van der Waals surface area (Å²) >= 11 is 0. The second-order valence-electron chi connectivity index (χ2n) is 6.34. The van der Waals surface area contributed by atoms with Gasteiger partial charge in [-0.25, -0.2) is 9.59 Å². The number of ether oxygens (including phenoxy) is 4. The Balaban J connectivity index is 2.34. The number of esters is 2. The van der Waals surface area contributed by atoms with Crippen molar-refractivity contribution in [2.24, 2.45) is 0 Å². The molecule has 0 amide bonds. The van der Waals surface area contributed by atoms with Crippen LogP contribution in [0.2, 0.25) is 0 Å². The van der Waals surface area contributed by atoms with Crippen LogP contribution in [0, 0.1) is 0 Å². The molecule has 29 heavy (non-hydrogen) atoms. The lowest BCUT2D eigenvalue weighted by atomic mass is 9.97. The Morgan fingerprint density at radius 3 is 1.90 bits per heavy atom. The van der Waals surface area contributed by atoms with Gasteiger partial charge in [-0.3, -0.25) is 0 Å². The molecule has 0 aromatic heterocycles. The molecular weight excluding hydrogens is 372 g/mol. The normalized spacial score (nSPS) is 10.9. The summed E-state index contributed by atoms with van der Waals surface area (Å²) in [5.41, 5.74) is -0.898. The molecule has 0 radical (unpaired) electrons. The molecule has 0 aliphatic carbocycles. The Morgan fingerprint density at radius 1 is 0.793 bits per heavy atom. The fraction of sp³-hybridized carbons (Fsp3) is 0.391. The van der Waals surface area contributed by atoms with Crippen LogP contribution in [0.5, 0.6) is 11.5 Å². The van der Waals surface area contributed by atoms with Gasteiger partial charge >= 0.3 is 17.5 Å². The van der Waals surface area contributed by atoms with Gasteiger partial charge in [-0.05, 0) is 31.5 Å². The molecule has 0 unspecified atom stereocenters. The van der Waals surface area contributed by atoms with E-state index in [4.69, 9.17) is 18.9 Å². The summed E-state index contributed by atoms with van der Waals surface area (Å²) in [4.78, 5) is 25.6. The fourth-order valence-electron chi connectivity index (χ4n) is 2.85. The average molecular weight is 400 g/mol. The highest BCUT2D eigenvalue weighted by Gasteiger charge is 2.51. The number of hydrogen-bond donors (Lipinski definition) is 0.